The van der Waals surface area contributed by atoms with Crippen LogP contribution in [0, 0.1) is 5.66 Å². The molecule has 0 aliphatic heterocycles. The van der Waals surface area contributed by atoms with E-state index >= 15 is 0 Å². The summed E-state index contributed by atoms with van der Waals surface area (Å²) in [6.07, 6.45) is 3.49. The van der Waals surface area contributed by atoms with E-state index in [-0.39, 0.29) is 44.8 Å². The van der Waals surface area contributed by atoms with Gasteiger partial charge in [0, 0.05) is 45.1 Å². The van der Waals surface area contributed by atoms with Crippen LogP contribution < -0.4 is 0 Å². The van der Waals surface area contributed by atoms with Crippen molar-refractivity contribution in [3.63, 3.8) is 0 Å². The van der Waals surface area contributed by atoms with E-state index in [1.165, 1.54) is 6.92 Å². The Morgan fingerprint density at radius 1 is 1.57 bits per heavy atom. The van der Waals surface area contributed by atoms with Crippen molar-refractivity contribution in [2.75, 3.05) is 0 Å². The molecule has 0 saturated heterocycles. The maximum absolute atomic E-state index is 10.8. The molecule has 1 aromatic rings. The Labute approximate surface area is 108 Å². The molecule has 0 aromatic carbocycles. The number of hydrogen-bond donors (Lipinski definition) is 2. The number of rotatable bonds is 3. The van der Waals surface area contributed by atoms with E-state index in [4.69, 9.17) is 9.79 Å². The molecule has 0 unspecified atom stereocenters. The van der Waals surface area contributed by atoms with Crippen LogP contribution in [0.4, 0.5) is 0 Å². The Kier molecular flexibility index (Phi) is 6.26. The van der Waals surface area contributed by atoms with E-state index < -0.39 is 7.60 Å². The second kappa shape index (κ2) is 6.09. The molecule has 0 amide bonds. The SMILES string of the molecule is C[C-](Cc1cccnc1)P(=O)(O)O.[Y]. The minimum atomic E-state index is -4.03. The summed E-state index contributed by atoms with van der Waals surface area (Å²) in [6, 6.07) is 3.52. The van der Waals surface area contributed by atoms with Gasteiger partial charge in [-0.1, -0.05) is 11.6 Å². The van der Waals surface area contributed by atoms with Crippen LogP contribution in [0.2, 0.25) is 0 Å². The number of hydrogen-bond acceptors (Lipinski definition) is 2. The maximum Gasteiger partial charge on any atom is 0.184 e. The molecular formula is C8H11NO3PY-. The number of pyridine rings is 1. The first-order valence-corrected chi connectivity index (χ1v) is 5.39. The van der Waals surface area contributed by atoms with E-state index in [1.54, 1.807) is 24.5 Å². The molecule has 0 aliphatic carbocycles. The van der Waals surface area contributed by atoms with Crippen molar-refractivity contribution in [3.8, 4) is 0 Å². The summed E-state index contributed by atoms with van der Waals surface area (Å²) in [5, 5.41) is 0. The molecule has 0 aliphatic rings. The fourth-order valence-corrected chi connectivity index (χ4v) is 1.29. The molecular weight excluding hydrogens is 278 g/mol. The molecule has 0 saturated carbocycles. The van der Waals surface area contributed by atoms with Gasteiger partial charge in [-0.25, -0.2) is 0 Å². The smallest absolute Gasteiger partial charge is 0.184 e. The van der Waals surface area contributed by atoms with Gasteiger partial charge in [0.05, 0.1) is 0 Å². The molecule has 6 heteroatoms. The van der Waals surface area contributed by atoms with E-state index in [0.717, 1.165) is 5.56 Å². The first-order valence-electron chi connectivity index (χ1n) is 3.77. The molecule has 1 heterocycles. The van der Waals surface area contributed by atoms with Crippen LogP contribution >= 0.6 is 7.60 Å². The Morgan fingerprint density at radius 2 is 2.21 bits per heavy atom. The summed E-state index contributed by atoms with van der Waals surface area (Å²) in [4.78, 5) is 21.5. The zero-order valence-corrected chi connectivity index (χ0v) is 11.5. The molecule has 1 rings (SSSR count). The molecule has 0 spiro atoms. The van der Waals surface area contributed by atoms with Crippen LogP contribution in [0.15, 0.2) is 24.5 Å². The summed E-state index contributed by atoms with van der Waals surface area (Å²) >= 11 is 0. The molecule has 2 N–H and O–H groups in total. The summed E-state index contributed by atoms with van der Waals surface area (Å²) in [6.45, 7) is 1.45. The van der Waals surface area contributed by atoms with Crippen molar-refractivity contribution < 1.29 is 47.1 Å². The second-order valence-corrected chi connectivity index (χ2v) is 4.67. The summed E-state index contributed by atoms with van der Waals surface area (Å²) in [7, 11) is -4.03. The Hall–Kier alpha value is 0.404. The molecule has 0 bridgehead atoms. The normalized spacial score (nSPS) is 11.1. The Balaban J connectivity index is 0.00000169. The van der Waals surface area contributed by atoms with Gasteiger partial charge in [-0.15, -0.1) is 6.42 Å². The van der Waals surface area contributed by atoms with Gasteiger partial charge in [-0.05, 0) is 6.07 Å². The van der Waals surface area contributed by atoms with Gasteiger partial charge < -0.3 is 9.79 Å². The van der Waals surface area contributed by atoms with Gasteiger partial charge in [-0.2, -0.15) is 12.6 Å². The first-order chi connectivity index (χ1) is 6.00. The van der Waals surface area contributed by atoms with Crippen molar-refractivity contribution in [2.24, 2.45) is 0 Å². The summed E-state index contributed by atoms with van der Waals surface area (Å²) in [5.41, 5.74) is 0.976. The third-order valence-electron chi connectivity index (χ3n) is 1.68. The fraction of sp³-hybridized carbons (Fsp3) is 0.250. The summed E-state index contributed by atoms with van der Waals surface area (Å²) < 4.78 is 10.8. The third kappa shape index (κ3) is 4.76. The van der Waals surface area contributed by atoms with Crippen molar-refractivity contribution in [1.82, 2.24) is 4.98 Å². The molecule has 14 heavy (non-hydrogen) atoms. The number of nitrogens with zero attached hydrogens (tertiary/aromatic N) is 1. The van der Waals surface area contributed by atoms with Crippen LogP contribution in [0.1, 0.15) is 12.5 Å². The molecule has 4 nitrogen and oxygen atoms in total. The van der Waals surface area contributed by atoms with Crippen LogP contribution in [-0.2, 0) is 43.7 Å². The van der Waals surface area contributed by atoms with Gasteiger partial charge in [-0.3, -0.25) is 9.55 Å². The minimum Gasteiger partial charge on any atom is -0.347 e. The Bertz CT molecular complexity index is 314. The van der Waals surface area contributed by atoms with Gasteiger partial charge in [0.25, 0.3) is 0 Å². The van der Waals surface area contributed by atoms with Crippen LogP contribution in [0.3, 0.4) is 0 Å². The van der Waals surface area contributed by atoms with E-state index in [2.05, 4.69) is 4.98 Å². The Morgan fingerprint density at radius 3 is 2.64 bits per heavy atom. The van der Waals surface area contributed by atoms with Crippen molar-refractivity contribution in [1.29, 1.82) is 0 Å². The average molecular weight is 289 g/mol. The second-order valence-electron chi connectivity index (χ2n) is 2.82. The van der Waals surface area contributed by atoms with Gasteiger partial charge >= 0.3 is 0 Å². The van der Waals surface area contributed by atoms with Crippen LogP contribution in [0.25, 0.3) is 0 Å². The predicted molar refractivity (Wildman–Crippen MR) is 48.9 cm³/mol. The molecule has 75 valence electrons. The quantitative estimate of drug-likeness (QED) is 0.651. The maximum atomic E-state index is 10.8. The molecule has 1 radical (unpaired) electrons. The topological polar surface area (TPSA) is 70.4 Å². The standard InChI is InChI=1S/C8H11NO3P.Y/c1-7(13(10,11)12)5-8-3-2-4-9-6-8;/h2-4,6H,5H2,1H3,(H2,10,11,12);/q-1;. The largest absolute Gasteiger partial charge is 0.347 e. The monoisotopic (exact) mass is 289 g/mol. The van der Waals surface area contributed by atoms with E-state index in [9.17, 15) is 4.57 Å². The van der Waals surface area contributed by atoms with E-state index in [0.29, 0.717) is 0 Å². The van der Waals surface area contributed by atoms with Crippen molar-refractivity contribution >= 4 is 7.60 Å². The first kappa shape index (κ1) is 14.4. The van der Waals surface area contributed by atoms with Crippen molar-refractivity contribution in [2.45, 2.75) is 13.3 Å². The molecule has 0 fully saturated rings. The summed E-state index contributed by atoms with van der Waals surface area (Å²) in [5.74, 6) is 0. The average Bonchev–Trinajstić information content (AvgIpc) is 2.04. The number of aromatic nitrogens is 1. The zero-order chi connectivity index (χ0) is 9.90. The fourth-order valence-electron chi connectivity index (χ4n) is 0.901. The van der Waals surface area contributed by atoms with E-state index in [1.807, 2.05) is 0 Å². The zero-order valence-electron chi connectivity index (χ0n) is 7.79. The molecule has 0 atom stereocenters. The van der Waals surface area contributed by atoms with Gasteiger partial charge in [0.15, 0.2) is 7.60 Å². The van der Waals surface area contributed by atoms with Crippen molar-refractivity contribution in [3.05, 3.63) is 35.7 Å². The van der Waals surface area contributed by atoms with Gasteiger partial charge in [0.1, 0.15) is 0 Å². The predicted octanol–water partition coefficient (Wildman–Crippen LogP) is 1.35. The minimum absolute atomic E-state index is 0. The third-order valence-corrected chi connectivity index (χ3v) is 2.83. The van der Waals surface area contributed by atoms with Crippen LogP contribution in [0.5, 0.6) is 0 Å². The molecule has 1 aromatic heterocycles. The van der Waals surface area contributed by atoms with Crippen LogP contribution in [-0.4, -0.2) is 14.8 Å². The van der Waals surface area contributed by atoms with Gasteiger partial charge in [0.2, 0.25) is 0 Å².